The van der Waals surface area contributed by atoms with Gasteiger partial charge in [-0.3, -0.25) is 0 Å². The molecule has 1 aliphatic heterocycles. The first-order valence-corrected chi connectivity index (χ1v) is 5.22. The van der Waals surface area contributed by atoms with Gasteiger partial charge in [0, 0.05) is 0 Å². The van der Waals surface area contributed by atoms with Crippen LogP contribution in [0.25, 0.3) is 0 Å². The molecule has 1 rings (SSSR count). The fourth-order valence-corrected chi connectivity index (χ4v) is 2.05. The summed E-state index contributed by atoms with van der Waals surface area (Å²) in [5, 5.41) is 0. The van der Waals surface area contributed by atoms with Crippen molar-refractivity contribution in [3.05, 3.63) is 0 Å². The molecule has 1 heterocycles. The predicted molar refractivity (Wildman–Crippen MR) is 53.8 cm³/mol. The van der Waals surface area contributed by atoms with Gasteiger partial charge < -0.3 is 9.47 Å². The fraction of sp³-hybridized carbons (Fsp3) is 0.909. The Morgan fingerprint density at radius 2 is 1.64 bits per heavy atom. The molecule has 0 aromatic heterocycles. The Labute approximate surface area is 85.8 Å². The molecule has 0 saturated carbocycles. The highest BCUT2D eigenvalue weighted by atomic mass is 16.6. The van der Waals surface area contributed by atoms with Gasteiger partial charge in [-0.25, -0.2) is 4.79 Å². The maximum absolute atomic E-state index is 11.4. The fourth-order valence-electron chi connectivity index (χ4n) is 2.05. The normalized spacial score (nSPS) is 43.4. The first-order chi connectivity index (χ1) is 6.49. The molecule has 1 saturated heterocycles. The molecule has 82 valence electrons. The molecule has 0 radical (unpaired) electrons. The summed E-state index contributed by atoms with van der Waals surface area (Å²) in [5.41, 5.74) is 0. The zero-order valence-corrected chi connectivity index (χ0v) is 9.61. The van der Waals surface area contributed by atoms with Crippen LogP contribution in [0.3, 0.4) is 0 Å². The number of hydrogen-bond acceptors (Lipinski definition) is 3. The number of carbonyl (C=O) groups excluding carboxylic acids is 1. The van der Waals surface area contributed by atoms with E-state index in [9.17, 15) is 4.79 Å². The van der Waals surface area contributed by atoms with Crippen LogP contribution in [-0.2, 0) is 14.3 Å². The van der Waals surface area contributed by atoms with Crippen molar-refractivity contribution in [2.24, 2.45) is 17.8 Å². The highest BCUT2D eigenvalue weighted by Gasteiger charge is 2.40. The summed E-state index contributed by atoms with van der Waals surface area (Å²) >= 11 is 0. The molecule has 0 N–H and O–H groups in total. The molecular weight excluding hydrogens is 180 g/mol. The molecule has 0 amide bonds. The maximum Gasteiger partial charge on any atom is 0.335 e. The van der Waals surface area contributed by atoms with Crippen LogP contribution in [0.4, 0.5) is 0 Å². The SMILES string of the molecule is COC(=O)C1O[C@@H](C)C(C)[C@@H](C)[C@@H]1C. The molecule has 5 atom stereocenters. The van der Waals surface area contributed by atoms with E-state index in [1.807, 2.05) is 6.92 Å². The van der Waals surface area contributed by atoms with Crippen LogP contribution < -0.4 is 0 Å². The first-order valence-electron chi connectivity index (χ1n) is 5.22. The van der Waals surface area contributed by atoms with E-state index in [0.29, 0.717) is 11.8 Å². The van der Waals surface area contributed by atoms with Gasteiger partial charge in [-0.2, -0.15) is 0 Å². The average molecular weight is 200 g/mol. The van der Waals surface area contributed by atoms with Crippen LogP contribution in [0.1, 0.15) is 27.7 Å². The van der Waals surface area contributed by atoms with Gasteiger partial charge in [0.2, 0.25) is 0 Å². The van der Waals surface area contributed by atoms with Crippen molar-refractivity contribution in [3.8, 4) is 0 Å². The number of hydrogen-bond donors (Lipinski definition) is 0. The molecule has 0 spiro atoms. The van der Waals surface area contributed by atoms with Crippen molar-refractivity contribution >= 4 is 5.97 Å². The van der Waals surface area contributed by atoms with Gasteiger partial charge in [0.1, 0.15) is 0 Å². The standard InChI is InChI=1S/C11H20O3/c1-6-7(2)9(4)14-10(8(6)3)11(12)13-5/h6-10H,1-5H3/t6-,7?,8+,9+,10?/m1/s1. The highest BCUT2D eigenvalue weighted by molar-refractivity contribution is 5.75. The second kappa shape index (κ2) is 4.30. The van der Waals surface area contributed by atoms with E-state index in [0.717, 1.165) is 0 Å². The largest absolute Gasteiger partial charge is 0.467 e. The number of ether oxygens (including phenoxy) is 2. The van der Waals surface area contributed by atoms with Gasteiger partial charge in [-0.15, -0.1) is 0 Å². The van der Waals surface area contributed by atoms with Crippen LogP contribution in [0.15, 0.2) is 0 Å². The van der Waals surface area contributed by atoms with Crippen molar-refractivity contribution in [3.63, 3.8) is 0 Å². The number of esters is 1. The van der Waals surface area contributed by atoms with Gasteiger partial charge >= 0.3 is 5.97 Å². The maximum atomic E-state index is 11.4. The third-order valence-corrected chi connectivity index (χ3v) is 3.67. The molecule has 3 nitrogen and oxygen atoms in total. The van der Waals surface area contributed by atoms with Crippen LogP contribution >= 0.6 is 0 Å². The summed E-state index contributed by atoms with van der Waals surface area (Å²) in [5.74, 6) is 0.963. The molecule has 2 unspecified atom stereocenters. The summed E-state index contributed by atoms with van der Waals surface area (Å²) in [6.45, 7) is 8.40. The minimum atomic E-state index is -0.388. The quantitative estimate of drug-likeness (QED) is 0.606. The van der Waals surface area contributed by atoms with Crippen molar-refractivity contribution in [1.29, 1.82) is 0 Å². The van der Waals surface area contributed by atoms with Crippen LogP contribution in [-0.4, -0.2) is 25.3 Å². The Kier molecular flexibility index (Phi) is 3.53. The lowest BCUT2D eigenvalue weighted by atomic mass is 9.77. The lowest BCUT2D eigenvalue weighted by Crippen LogP contribution is -2.47. The molecule has 0 aliphatic carbocycles. The Hall–Kier alpha value is -0.570. The molecule has 0 aromatic carbocycles. The second-order valence-corrected chi connectivity index (χ2v) is 4.36. The minimum absolute atomic E-state index is 0.130. The molecule has 0 aromatic rings. The van der Waals surface area contributed by atoms with Gasteiger partial charge in [0.05, 0.1) is 13.2 Å². The summed E-state index contributed by atoms with van der Waals surface area (Å²) in [4.78, 5) is 11.4. The van der Waals surface area contributed by atoms with Crippen molar-refractivity contribution < 1.29 is 14.3 Å². The third-order valence-electron chi connectivity index (χ3n) is 3.67. The summed E-state index contributed by atoms with van der Waals surface area (Å²) in [6, 6.07) is 0. The van der Waals surface area contributed by atoms with Gasteiger partial charge in [-0.1, -0.05) is 20.8 Å². The molecule has 14 heavy (non-hydrogen) atoms. The summed E-state index contributed by atoms with van der Waals surface area (Å²) in [7, 11) is 1.41. The topological polar surface area (TPSA) is 35.5 Å². The monoisotopic (exact) mass is 200 g/mol. The van der Waals surface area contributed by atoms with Gasteiger partial charge in [-0.05, 0) is 24.7 Å². The second-order valence-electron chi connectivity index (χ2n) is 4.36. The van der Waals surface area contributed by atoms with Crippen LogP contribution in [0.5, 0.6) is 0 Å². The van der Waals surface area contributed by atoms with E-state index >= 15 is 0 Å². The average Bonchev–Trinajstić information content (AvgIpc) is 2.19. The third kappa shape index (κ3) is 1.92. The predicted octanol–water partition coefficient (Wildman–Crippen LogP) is 1.85. The Morgan fingerprint density at radius 3 is 2.14 bits per heavy atom. The number of carbonyl (C=O) groups is 1. The first kappa shape index (κ1) is 11.5. The lowest BCUT2D eigenvalue weighted by Gasteiger charge is -2.41. The van der Waals surface area contributed by atoms with E-state index < -0.39 is 0 Å². The van der Waals surface area contributed by atoms with Crippen molar-refractivity contribution in [2.45, 2.75) is 39.9 Å². The van der Waals surface area contributed by atoms with Crippen molar-refractivity contribution in [2.75, 3.05) is 7.11 Å². The molecule has 0 bridgehead atoms. The Bertz CT molecular complexity index is 215. The highest BCUT2D eigenvalue weighted by Crippen LogP contribution is 2.34. The molecule has 1 fully saturated rings. The van der Waals surface area contributed by atoms with Gasteiger partial charge in [0.15, 0.2) is 6.10 Å². The smallest absolute Gasteiger partial charge is 0.335 e. The Morgan fingerprint density at radius 1 is 1.07 bits per heavy atom. The van der Waals surface area contributed by atoms with E-state index in [2.05, 4.69) is 20.8 Å². The van der Waals surface area contributed by atoms with E-state index in [1.165, 1.54) is 7.11 Å². The molecule has 1 aliphatic rings. The zero-order valence-electron chi connectivity index (χ0n) is 9.61. The molecule has 3 heteroatoms. The molecular formula is C11H20O3. The minimum Gasteiger partial charge on any atom is -0.467 e. The summed E-state index contributed by atoms with van der Waals surface area (Å²) in [6.07, 6.45) is -0.258. The number of methoxy groups -OCH3 is 1. The lowest BCUT2D eigenvalue weighted by molar-refractivity contribution is -0.179. The van der Waals surface area contributed by atoms with E-state index in [-0.39, 0.29) is 24.1 Å². The van der Waals surface area contributed by atoms with Gasteiger partial charge in [0.25, 0.3) is 0 Å². The van der Waals surface area contributed by atoms with Crippen LogP contribution in [0, 0.1) is 17.8 Å². The van der Waals surface area contributed by atoms with Crippen molar-refractivity contribution in [1.82, 2.24) is 0 Å². The zero-order chi connectivity index (χ0) is 10.9. The van der Waals surface area contributed by atoms with E-state index in [1.54, 1.807) is 0 Å². The van der Waals surface area contributed by atoms with E-state index in [4.69, 9.17) is 9.47 Å². The van der Waals surface area contributed by atoms with Crippen LogP contribution in [0.2, 0.25) is 0 Å². The Balaban J connectivity index is 2.75. The summed E-state index contributed by atoms with van der Waals surface area (Å²) < 4.78 is 10.4. The number of rotatable bonds is 1.